The molecular weight excluding hydrogens is 404 g/mol. The number of benzene rings is 4. The van der Waals surface area contributed by atoms with E-state index < -0.39 is 0 Å². The molecule has 5 aromatic rings. The van der Waals surface area contributed by atoms with Gasteiger partial charge in [0.25, 0.3) is 0 Å². The summed E-state index contributed by atoms with van der Waals surface area (Å²) >= 11 is 0. The number of para-hydroxylation sites is 2. The molecule has 1 aromatic heterocycles. The zero-order valence-electron chi connectivity index (χ0n) is 18.7. The van der Waals surface area contributed by atoms with Gasteiger partial charge in [0.15, 0.2) is 0 Å². The third-order valence-corrected chi connectivity index (χ3v) is 5.57. The van der Waals surface area contributed by atoms with Crippen LogP contribution in [-0.4, -0.2) is 21.2 Å². The van der Waals surface area contributed by atoms with E-state index in [1.54, 1.807) is 0 Å². The molecule has 0 spiro atoms. The number of hydrogen-bond acceptors (Lipinski definition) is 3. The zero-order chi connectivity index (χ0) is 22.6. The van der Waals surface area contributed by atoms with Crippen LogP contribution in [0.25, 0.3) is 22.3 Å². The van der Waals surface area contributed by atoms with Crippen molar-refractivity contribution in [1.82, 2.24) is 15.0 Å². The maximum Gasteiger partial charge on any atom is 0.113 e. The van der Waals surface area contributed by atoms with Crippen LogP contribution in [0.4, 0.5) is 5.69 Å². The van der Waals surface area contributed by atoms with Crippen LogP contribution in [-0.2, 0) is 0 Å². The highest BCUT2D eigenvalue weighted by Gasteiger charge is 2.17. The second-order valence-corrected chi connectivity index (χ2v) is 8.08. The van der Waals surface area contributed by atoms with Crippen LogP contribution in [0.2, 0.25) is 0 Å². The number of fused-ring (bicyclic) bond motifs is 1. The maximum absolute atomic E-state index is 4.82. The average molecular weight is 429 g/mol. The molecule has 0 atom stereocenters. The van der Waals surface area contributed by atoms with E-state index in [9.17, 15) is 0 Å². The van der Waals surface area contributed by atoms with Gasteiger partial charge in [-0.2, -0.15) is 0 Å². The Bertz CT molecular complexity index is 1460. The molecule has 1 heterocycles. The van der Waals surface area contributed by atoms with Crippen molar-refractivity contribution in [2.45, 2.75) is 13.8 Å². The quantitative estimate of drug-likeness (QED) is 0.226. The van der Waals surface area contributed by atoms with Gasteiger partial charge in [0.1, 0.15) is 5.52 Å². The molecular formula is C29H24N4. The lowest BCUT2D eigenvalue weighted by molar-refractivity contribution is 0.842. The van der Waals surface area contributed by atoms with Crippen molar-refractivity contribution in [3.63, 3.8) is 0 Å². The normalized spacial score (nSPS) is 12.3. The summed E-state index contributed by atoms with van der Waals surface area (Å²) in [7, 11) is 0. The van der Waals surface area contributed by atoms with Crippen molar-refractivity contribution in [3.05, 3.63) is 125 Å². The fourth-order valence-corrected chi connectivity index (χ4v) is 3.88. The first-order valence-corrected chi connectivity index (χ1v) is 11.0. The first-order valence-electron chi connectivity index (χ1n) is 11.0. The van der Waals surface area contributed by atoms with Gasteiger partial charge in [-0.3, -0.25) is 4.99 Å². The smallest absolute Gasteiger partial charge is 0.113 e. The minimum absolute atomic E-state index is 0.853. The summed E-state index contributed by atoms with van der Waals surface area (Å²) in [4.78, 5) is 4.82. The Morgan fingerprint density at radius 1 is 0.727 bits per heavy atom. The molecule has 4 nitrogen and oxygen atoms in total. The van der Waals surface area contributed by atoms with Crippen LogP contribution in [0.3, 0.4) is 0 Å². The van der Waals surface area contributed by atoms with E-state index in [2.05, 4.69) is 72.7 Å². The number of hydrogen-bond donors (Lipinski definition) is 0. The van der Waals surface area contributed by atoms with Gasteiger partial charge in [-0.05, 0) is 49.7 Å². The lowest BCUT2D eigenvalue weighted by Gasteiger charge is -2.15. The summed E-state index contributed by atoms with van der Waals surface area (Å²) in [6, 6.07) is 35.0. The average Bonchev–Trinajstić information content (AvgIpc) is 3.27. The second-order valence-electron chi connectivity index (χ2n) is 8.08. The molecule has 0 radical (unpaired) electrons. The summed E-state index contributed by atoms with van der Waals surface area (Å²) in [5, 5.41) is 9.00. The van der Waals surface area contributed by atoms with E-state index >= 15 is 0 Å². The van der Waals surface area contributed by atoms with Crippen LogP contribution in [0.1, 0.15) is 22.3 Å². The Kier molecular flexibility index (Phi) is 5.64. The van der Waals surface area contributed by atoms with Crippen LogP contribution in [0.15, 0.2) is 108 Å². The highest BCUT2D eigenvalue weighted by atomic mass is 15.4. The van der Waals surface area contributed by atoms with E-state index in [-0.39, 0.29) is 0 Å². The molecule has 0 amide bonds. The lowest BCUT2D eigenvalue weighted by Crippen LogP contribution is -2.06. The number of nitrogens with zero attached hydrogens (tertiary/aromatic N) is 4. The van der Waals surface area contributed by atoms with Crippen LogP contribution in [0, 0.1) is 13.8 Å². The van der Waals surface area contributed by atoms with Gasteiger partial charge >= 0.3 is 0 Å². The third kappa shape index (κ3) is 4.37. The van der Waals surface area contributed by atoms with E-state index in [1.807, 2.05) is 65.5 Å². The van der Waals surface area contributed by atoms with Crippen molar-refractivity contribution in [1.29, 1.82) is 0 Å². The lowest BCUT2D eigenvalue weighted by atomic mass is 9.98. The third-order valence-electron chi connectivity index (χ3n) is 5.57. The fraction of sp³-hybridized carbons (Fsp3) is 0.0690. The van der Waals surface area contributed by atoms with Crippen molar-refractivity contribution >= 4 is 34.2 Å². The molecule has 0 aliphatic carbocycles. The van der Waals surface area contributed by atoms with Crippen molar-refractivity contribution in [2.24, 2.45) is 4.99 Å². The number of allylic oxidation sites excluding steroid dienone is 1. The van der Waals surface area contributed by atoms with E-state index in [0.29, 0.717) is 0 Å². The van der Waals surface area contributed by atoms with E-state index in [4.69, 9.17) is 4.99 Å². The minimum Gasteiger partial charge on any atom is -0.256 e. The Hall–Kier alpha value is -4.31. The van der Waals surface area contributed by atoms with Gasteiger partial charge in [-0.25, -0.2) is 4.68 Å². The predicted molar refractivity (Wildman–Crippen MR) is 137 cm³/mol. The molecule has 4 heteroatoms. The summed E-state index contributed by atoms with van der Waals surface area (Å²) < 4.78 is 1.93. The number of rotatable bonds is 5. The predicted octanol–water partition coefficient (Wildman–Crippen LogP) is 6.87. The molecule has 160 valence electrons. The molecule has 0 fully saturated rings. The van der Waals surface area contributed by atoms with Crippen LogP contribution < -0.4 is 0 Å². The van der Waals surface area contributed by atoms with Crippen molar-refractivity contribution in [2.75, 3.05) is 0 Å². The largest absolute Gasteiger partial charge is 0.256 e. The summed E-state index contributed by atoms with van der Waals surface area (Å²) in [6.07, 6.45) is 1.94. The second kappa shape index (κ2) is 9.05. The highest BCUT2D eigenvalue weighted by molar-refractivity contribution is 6.20. The van der Waals surface area contributed by atoms with Crippen LogP contribution in [0.5, 0.6) is 0 Å². The minimum atomic E-state index is 0.853. The number of aromatic nitrogens is 3. The summed E-state index contributed by atoms with van der Waals surface area (Å²) in [5.41, 5.74) is 9.12. The van der Waals surface area contributed by atoms with Gasteiger partial charge in [0.2, 0.25) is 0 Å². The maximum atomic E-state index is 4.82. The molecule has 0 aliphatic heterocycles. The zero-order valence-corrected chi connectivity index (χ0v) is 18.7. The standard InChI is InChI=1S/C29H24N4/c1-21-15-17-23(18-16-21)26(20-30-25-11-4-3-5-12-25)29(24-10-8-9-22(2)19-24)33-28-14-7-6-13-27(28)31-32-33/h3-20H,1-2H3/b29-26-,30-20?. The molecule has 4 aromatic carbocycles. The van der Waals surface area contributed by atoms with Crippen molar-refractivity contribution in [3.8, 4) is 0 Å². The Morgan fingerprint density at radius 2 is 1.48 bits per heavy atom. The fourth-order valence-electron chi connectivity index (χ4n) is 3.88. The molecule has 0 bridgehead atoms. The molecule has 0 unspecified atom stereocenters. The van der Waals surface area contributed by atoms with Gasteiger partial charge in [-0.1, -0.05) is 89.1 Å². The van der Waals surface area contributed by atoms with Crippen molar-refractivity contribution < 1.29 is 0 Å². The Morgan fingerprint density at radius 3 is 2.27 bits per heavy atom. The van der Waals surface area contributed by atoms with Gasteiger partial charge in [-0.15, -0.1) is 5.10 Å². The Balaban J connectivity index is 1.83. The first kappa shape index (κ1) is 20.6. The van der Waals surface area contributed by atoms with E-state index in [1.165, 1.54) is 11.1 Å². The first-order chi connectivity index (χ1) is 16.2. The Labute approximate surface area is 193 Å². The summed E-state index contributed by atoms with van der Waals surface area (Å²) in [6.45, 7) is 4.20. The number of aliphatic imine (C=N–C) groups is 1. The topological polar surface area (TPSA) is 43.1 Å². The molecule has 0 saturated heterocycles. The molecule has 5 rings (SSSR count). The van der Waals surface area contributed by atoms with Gasteiger partial charge in [0.05, 0.1) is 16.9 Å². The summed E-state index contributed by atoms with van der Waals surface area (Å²) in [5.74, 6) is 0. The molecule has 0 saturated carbocycles. The number of aryl methyl sites for hydroxylation is 2. The molecule has 0 N–H and O–H groups in total. The SMILES string of the molecule is Cc1ccc(/C(C=Nc2ccccc2)=C(/c2cccc(C)c2)n2nnc3ccccc32)cc1. The highest BCUT2D eigenvalue weighted by Crippen LogP contribution is 2.30. The van der Waals surface area contributed by atoms with E-state index in [0.717, 1.165) is 39.1 Å². The van der Waals surface area contributed by atoms with Gasteiger partial charge in [0, 0.05) is 17.4 Å². The van der Waals surface area contributed by atoms with Gasteiger partial charge < -0.3 is 0 Å². The molecule has 0 aliphatic rings. The molecule has 33 heavy (non-hydrogen) atoms. The van der Waals surface area contributed by atoms with Crippen LogP contribution >= 0.6 is 0 Å². The monoisotopic (exact) mass is 428 g/mol.